The molecule has 4 heteroatoms. The van der Waals surface area contributed by atoms with Gasteiger partial charge in [0.1, 0.15) is 0 Å². The lowest BCUT2D eigenvalue weighted by molar-refractivity contribution is 0.667. The Labute approximate surface area is 322 Å². The van der Waals surface area contributed by atoms with Crippen molar-refractivity contribution in [3.8, 4) is 0 Å². The molecular formula is C46H64S4. The molecule has 0 aromatic carbocycles. The number of aryl methyl sites for hydroxylation is 4. The lowest BCUT2D eigenvalue weighted by Gasteiger charge is -2.00. The summed E-state index contributed by atoms with van der Waals surface area (Å²) in [6, 6.07) is 9.71. The highest BCUT2D eigenvalue weighted by Gasteiger charge is 2.10. The van der Waals surface area contributed by atoms with E-state index in [2.05, 4.69) is 99.2 Å². The van der Waals surface area contributed by atoms with Crippen LogP contribution in [0.2, 0.25) is 0 Å². The summed E-state index contributed by atoms with van der Waals surface area (Å²) in [6.45, 7) is 9.19. The van der Waals surface area contributed by atoms with Crippen LogP contribution in [0.1, 0.15) is 182 Å². The predicted molar refractivity (Wildman–Crippen MR) is 235 cm³/mol. The molecule has 0 radical (unpaired) electrons. The van der Waals surface area contributed by atoms with Gasteiger partial charge < -0.3 is 0 Å². The number of hydrogen-bond acceptors (Lipinski definition) is 4. The van der Waals surface area contributed by atoms with Crippen LogP contribution >= 0.6 is 45.3 Å². The molecule has 0 unspecified atom stereocenters. The normalized spacial score (nSPS) is 12.2. The third-order valence-electron chi connectivity index (χ3n) is 9.59. The summed E-state index contributed by atoms with van der Waals surface area (Å²) in [5, 5.41) is 4.64. The maximum Gasteiger partial charge on any atom is 0.0309 e. The van der Waals surface area contributed by atoms with Gasteiger partial charge in [0, 0.05) is 29.3 Å². The standard InChI is InChI=1S/C46H64S4/c1-5-9-13-17-21-37-33-41(48-36-37)25-29-45-39(23-19-15-11-7-3)35-43(50-45)27-30-46-40(24-20-16-12-8-4)34-42(49-46)26-28-44-38(31-32-47-44)22-18-14-10-6-2/h25-36H,5-24H2,1-4H3/b28-26+,29-25+,30-27+. The van der Waals surface area contributed by atoms with E-state index in [0.29, 0.717) is 0 Å². The second-order valence-corrected chi connectivity index (χ2v) is 18.1. The molecule has 272 valence electrons. The van der Waals surface area contributed by atoms with Crippen LogP contribution in [-0.2, 0) is 25.7 Å². The van der Waals surface area contributed by atoms with E-state index in [-0.39, 0.29) is 0 Å². The van der Waals surface area contributed by atoms with E-state index in [1.165, 1.54) is 180 Å². The van der Waals surface area contributed by atoms with Crippen molar-refractivity contribution in [2.24, 2.45) is 0 Å². The van der Waals surface area contributed by atoms with E-state index < -0.39 is 0 Å². The number of rotatable bonds is 26. The van der Waals surface area contributed by atoms with E-state index in [0.717, 1.165) is 0 Å². The molecule has 0 amide bonds. The van der Waals surface area contributed by atoms with Gasteiger partial charge in [0.15, 0.2) is 0 Å². The Hall–Kier alpha value is -1.98. The van der Waals surface area contributed by atoms with Gasteiger partial charge in [-0.2, -0.15) is 0 Å². The van der Waals surface area contributed by atoms with Crippen LogP contribution in [0.4, 0.5) is 0 Å². The second-order valence-electron chi connectivity index (χ2n) is 14.0. The monoisotopic (exact) mass is 744 g/mol. The highest BCUT2D eigenvalue weighted by Crippen LogP contribution is 2.33. The van der Waals surface area contributed by atoms with Crippen molar-refractivity contribution in [1.82, 2.24) is 0 Å². The van der Waals surface area contributed by atoms with Crippen molar-refractivity contribution in [1.29, 1.82) is 0 Å². The van der Waals surface area contributed by atoms with E-state index in [4.69, 9.17) is 0 Å². The van der Waals surface area contributed by atoms with Gasteiger partial charge in [-0.1, -0.05) is 105 Å². The molecule has 4 aromatic rings. The minimum Gasteiger partial charge on any atom is -0.144 e. The summed E-state index contributed by atoms with van der Waals surface area (Å²) in [6.07, 6.45) is 40.2. The van der Waals surface area contributed by atoms with Gasteiger partial charge in [0.25, 0.3) is 0 Å². The number of unbranched alkanes of at least 4 members (excludes halogenated alkanes) is 12. The van der Waals surface area contributed by atoms with Crippen LogP contribution in [0, 0.1) is 0 Å². The minimum absolute atomic E-state index is 1.17. The predicted octanol–water partition coefficient (Wildman–Crippen LogP) is 16.9. The van der Waals surface area contributed by atoms with Gasteiger partial charge in [-0.05, 0) is 145 Å². The van der Waals surface area contributed by atoms with E-state index in [1.807, 2.05) is 45.3 Å². The summed E-state index contributed by atoms with van der Waals surface area (Å²) >= 11 is 7.72. The largest absolute Gasteiger partial charge is 0.144 e. The first-order valence-electron chi connectivity index (χ1n) is 20.1. The molecule has 0 N–H and O–H groups in total. The fraction of sp³-hybridized carbons (Fsp3) is 0.522. The van der Waals surface area contributed by atoms with Crippen LogP contribution in [0.15, 0.2) is 35.0 Å². The molecule has 4 heterocycles. The fourth-order valence-electron chi connectivity index (χ4n) is 6.54. The second kappa shape index (κ2) is 24.3. The number of hydrogen-bond donors (Lipinski definition) is 0. The van der Waals surface area contributed by atoms with Gasteiger partial charge in [0.05, 0.1) is 0 Å². The van der Waals surface area contributed by atoms with Gasteiger partial charge in [-0.25, -0.2) is 0 Å². The highest BCUT2D eigenvalue weighted by molar-refractivity contribution is 7.15. The van der Waals surface area contributed by atoms with E-state index in [9.17, 15) is 0 Å². The zero-order valence-electron chi connectivity index (χ0n) is 31.7. The maximum atomic E-state index is 2.48. The summed E-state index contributed by atoms with van der Waals surface area (Å²) in [5.74, 6) is 0. The molecule has 0 nitrogen and oxygen atoms in total. The lowest BCUT2D eigenvalue weighted by atomic mass is 10.1. The first kappa shape index (κ1) is 40.8. The molecule has 0 aliphatic carbocycles. The molecule has 4 aromatic heterocycles. The molecular weight excluding hydrogens is 681 g/mol. The average molecular weight is 745 g/mol. The molecule has 4 rings (SSSR count). The van der Waals surface area contributed by atoms with Crippen LogP contribution in [0.5, 0.6) is 0 Å². The Morgan fingerprint density at radius 3 is 1.40 bits per heavy atom. The zero-order valence-corrected chi connectivity index (χ0v) is 35.0. The van der Waals surface area contributed by atoms with E-state index >= 15 is 0 Å². The van der Waals surface area contributed by atoms with Gasteiger partial charge >= 0.3 is 0 Å². The quantitative estimate of drug-likeness (QED) is 0.0562. The SMILES string of the molecule is CCCCCCc1csc(/C=C/c2sc(/C=C/c3sc(/C=C/c4sccc4CCCCCC)cc3CCCCCC)cc2CCCCCC)c1. The van der Waals surface area contributed by atoms with Crippen molar-refractivity contribution in [2.45, 2.75) is 156 Å². The van der Waals surface area contributed by atoms with Crippen LogP contribution in [-0.4, -0.2) is 0 Å². The Kier molecular flexibility index (Phi) is 19.8. The molecule has 0 aliphatic rings. The third-order valence-corrected chi connectivity index (χ3v) is 13.7. The molecule has 0 saturated carbocycles. The fourth-order valence-corrected chi connectivity index (χ4v) is 10.3. The van der Waals surface area contributed by atoms with Gasteiger partial charge in [0.2, 0.25) is 0 Å². The Balaban J connectivity index is 1.50. The molecule has 0 saturated heterocycles. The van der Waals surface area contributed by atoms with Crippen LogP contribution in [0.3, 0.4) is 0 Å². The molecule has 0 aliphatic heterocycles. The highest BCUT2D eigenvalue weighted by atomic mass is 32.1. The third kappa shape index (κ3) is 14.6. The minimum atomic E-state index is 1.17. The Morgan fingerprint density at radius 1 is 0.420 bits per heavy atom. The number of thiophene rings is 4. The zero-order chi connectivity index (χ0) is 35.2. The molecule has 0 bridgehead atoms. The Morgan fingerprint density at radius 2 is 0.880 bits per heavy atom. The molecule has 0 fully saturated rings. The first-order chi connectivity index (χ1) is 24.6. The van der Waals surface area contributed by atoms with Crippen molar-refractivity contribution in [3.05, 3.63) is 86.5 Å². The van der Waals surface area contributed by atoms with Gasteiger partial charge in [-0.3, -0.25) is 0 Å². The summed E-state index contributed by atoms with van der Waals surface area (Å²) in [5.41, 5.74) is 6.07. The van der Waals surface area contributed by atoms with Crippen LogP contribution in [0.25, 0.3) is 36.5 Å². The summed E-state index contributed by atoms with van der Waals surface area (Å²) in [4.78, 5) is 8.46. The average Bonchev–Trinajstić information content (AvgIpc) is 3.93. The van der Waals surface area contributed by atoms with Crippen molar-refractivity contribution >= 4 is 81.8 Å². The van der Waals surface area contributed by atoms with E-state index in [1.54, 1.807) is 0 Å². The lowest BCUT2D eigenvalue weighted by Crippen LogP contribution is -1.86. The van der Waals surface area contributed by atoms with Crippen LogP contribution < -0.4 is 0 Å². The first-order valence-corrected chi connectivity index (χ1v) is 23.5. The van der Waals surface area contributed by atoms with Crippen molar-refractivity contribution in [2.75, 3.05) is 0 Å². The topological polar surface area (TPSA) is 0 Å². The Bertz CT molecular complexity index is 1560. The molecule has 0 spiro atoms. The molecule has 50 heavy (non-hydrogen) atoms. The van der Waals surface area contributed by atoms with Gasteiger partial charge in [-0.15, -0.1) is 45.3 Å². The van der Waals surface area contributed by atoms with Crippen molar-refractivity contribution in [3.63, 3.8) is 0 Å². The van der Waals surface area contributed by atoms with Crippen molar-refractivity contribution < 1.29 is 0 Å². The summed E-state index contributed by atoms with van der Waals surface area (Å²) < 4.78 is 0. The smallest absolute Gasteiger partial charge is 0.0309 e. The maximum absolute atomic E-state index is 2.48. The molecule has 0 atom stereocenters. The summed E-state index contributed by atoms with van der Waals surface area (Å²) in [7, 11) is 0.